The van der Waals surface area contributed by atoms with Gasteiger partial charge in [0, 0.05) is 22.3 Å². The molecule has 0 unspecified atom stereocenters. The number of ether oxygens (including phenoxy) is 1. The summed E-state index contributed by atoms with van der Waals surface area (Å²) < 4.78 is 52.7. The quantitative estimate of drug-likeness (QED) is 0.473. The highest BCUT2D eigenvalue weighted by Gasteiger charge is 2.28. The maximum Gasteiger partial charge on any atom is 0.312 e. The maximum atomic E-state index is 12.8. The molecule has 0 aliphatic heterocycles. The molecule has 0 N–H and O–H groups in total. The van der Waals surface area contributed by atoms with Crippen molar-refractivity contribution in [3.05, 3.63) is 27.8 Å². The molecule has 1 aromatic rings. The van der Waals surface area contributed by atoms with E-state index in [1.807, 2.05) is 0 Å². The molecule has 0 radical (unpaired) electrons. The Kier molecular flexibility index (Phi) is 4.64. The maximum absolute atomic E-state index is 12.8. The van der Waals surface area contributed by atoms with Gasteiger partial charge in [-0.05, 0) is 13.0 Å². The van der Waals surface area contributed by atoms with Crippen LogP contribution in [-0.4, -0.2) is 19.9 Å². The first-order valence-electron chi connectivity index (χ1n) is 4.86. The van der Waals surface area contributed by atoms with E-state index in [2.05, 4.69) is 0 Å². The van der Waals surface area contributed by atoms with Gasteiger partial charge >= 0.3 is 5.69 Å². The van der Waals surface area contributed by atoms with Crippen molar-refractivity contribution in [2.45, 2.75) is 18.2 Å². The van der Waals surface area contributed by atoms with Crippen LogP contribution < -0.4 is 4.74 Å². The molecule has 0 aliphatic carbocycles. The lowest BCUT2D eigenvalue weighted by atomic mass is 10.2. The van der Waals surface area contributed by atoms with Crippen LogP contribution in [0.15, 0.2) is 17.0 Å². The van der Waals surface area contributed by atoms with E-state index in [1.54, 1.807) is 0 Å². The fourth-order valence-electron chi connectivity index (χ4n) is 1.36. The Balaban J connectivity index is 3.64. The third kappa shape index (κ3) is 3.51. The second-order valence-electron chi connectivity index (χ2n) is 3.29. The lowest BCUT2D eigenvalue weighted by Gasteiger charge is -2.10. The van der Waals surface area contributed by atoms with Crippen molar-refractivity contribution in [3.8, 4) is 5.75 Å². The van der Waals surface area contributed by atoms with Crippen LogP contribution in [0, 0.1) is 10.1 Å². The average molecular weight is 316 g/mol. The topological polar surface area (TPSA) is 86.5 Å². The number of nitro groups is 1. The molecule has 0 aromatic heterocycles. The summed E-state index contributed by atoms with van der Waals surface area (Å²) in [5.74, 6) is -0.438. The van der Waals surface area contributed by atoms with Crippen LogP contribution in [0.3, 0.4) is 0 Å². The summed E-state index contributed by atoms with van der Waals surface area (Å²) in [6, 6.07) is 1.08. The Hall–Kier alpha value is -1.48. The number of nitrogens with zero attached hydrogens (tertiary/aromatic N) is 1. The molecule has 1 rings (SSSR count). The molecule has 0 amide bonds. The van der Waals surface area contributed by atoms with E-state index in [9.17, 15) is 27.3 Å². The van der Waals surface area contributed by atoms with Gasteiger partial charge in [0.25, 0.3) is 15.5 Å². The Bertz CT molecular complexity index is 605. The van der Waals surface area contributed by atoms with Crippen molar-refractivity contribution in [2.75, 3.05) is 6.61 Å². The molecule has 106 valence electrons. The number of rotatable bonds is 5. The largest absolute Gasteiger partial charge is 0.487 e. The highest BCUT2D eigenvalue weighted by atomic mass is 35.7. The van der Waals surface area contributed by atoms with Gasteiger partial charge in [-0.25, -0.2) is 17.2 Å². The van der Waals surface area contributed by atoms with Gasteiger partial charge in [-0.15, -0.1) is 0 Å². The van der Waals surface area contributed by atoms with Crippen molar-refractivity contribution in [1.29, 1.82) is 0 Å². The van der Waals surface area contributed by atoms with Crippen molar-refractivity contribution < 1.29 is 26.9 Å². The molecule has 0 spiro atoms. The van der Waals surface area contributed by atoms with E-state index in [1.165, 1.54) is 6.92 Å². The summed E-state index contributed by atoms with van der Waals surface area (Å²) in [6.07, 6.45) is -3.16. The Morgan fingerprint density at radius 1 is 1.47 bits per heavy atom. The minimum atomic E-state index is -4.53. The zero-order valence-corrected chi connectivity index (χ0v) is 11.0. The molecule has 0 bridgehead atoms. The summed E-state index contributed by atoms with van der Waals surface area (Å²) in [6.45, 7) is 1.49. The lowest BCUT2D eigenvalue weighted by molar-refractivity contribution is -0.386. The smallest absolute Gasteiger partial charge is 0.312 e. The van der Waals surface area contributed by atoms with Crippen molar-refractivity contribution >= 4 is 25.4 Å². The Morgan fingerprint density at radius 2 is 2.05 bits per heavy atom. The van der Waals surface area contributed by atoms with E-state index < -0.39 is 42.3 Å². The number of benzene rings is 1. The molecule has 0 heterocycles. The zero-order chi connectivity index (χ0) is 14.8. The van der Waals surface area contributed by atoms with Crippen molar-refractivity contribution in [1.82, 2.24) is 0 Å². The minimum Gasteiger partial charge on any atom is -0.487 e. The monoisotopic (exact) mass is 315 g/mol. The summed E-state index contributed by atoms with van der Waals surface area (Å²) >= 11 is 0. The first-order chi connectivity index (χ1) is 8.68. The second-order valence-corrected chi connectivity index (χ2v) is 5.82. The third-order valence-corrected chi connectivity index (χ3v) is 3.46. The van der Waals surface area contributed by atoms with Gasteiger partial charge in [0.15, 0.2) is 5.75 Å². The summed E-state index contributed by atoms with van der Waals surface area (Å²) in [7, 11) is 0.455. The number of hydrogen-bond acceptors (Lipinski definition) is 5. The molecule has 6 nitrogen and oxygen atoms in total. The van der Waals surface area contributed by atoms with Gasteiger partial charge in [-0.2, -0.15) is 0 Å². The number of hydrogen-bond donors (Lipinski definition) is 0. The average Bonchev–Trinajstić information content (AvgIpc) is 2.26. The molecule has 0 fully saturated rings. The highest BCUT2D eigenvalue weighted by molar-refractivity contribution is 8.13. The molecule has 0 atom stereocenters. The molecule has 1 aromatic carbocycles. The second kappa shape index (κ2) is 5.66. The van der Waals surface area contributed by atoms with Gasteiger partial charge in [0.05, 0.1) is 16.4 Å². The van der Waals surface area contributed by atoms with Crippen LogP contribution in [0.4, 0.5) is 14.5 Å². The van der Waals surface area contributed by atoms with Gasteiger partial charge in [-0.1, -0.05) is 0 Å². The number of alkyl halides is 2. The van der Waals surface area contributed by atoms with Crippen molar-refractivity contribution in [2.24, 2.45) is 0 Å². The van der Waals surface area contributed by atoms with E-state index in [-0.39, 0.29) is 6.61 Å². The summed E-state index contributed by atoms with van der Waals surface area (Å²) in [5, 5.41) is 10.8. The van der Waals surface area contributed by atoms with E-state index in [4.69, 9.17) is 15.4 Å². The highest BCUT2D eigenvalue weighted by Crippen LogP contribution is 2.38. The SMILES string of the molecule is CCOc1cc(C(F)F)c(S(=O)(=O)Cl)cc1[N+](=O)[O-]. The standard InChI is InChI=1S/C9H8ClF2NO5S/c1-2-18-7-3-5(9(11)12)8(19(10,16)17)4-6(7)13(14)15/h3-4,9H,2H2,1H3. The van der Waals surface area contributed by atoms with Gasteiger partial charge in [0.2, 0.25) is 0 Å². The van der Waals surface area contributed by atoms with Gasteiger partial charge < -0.3 is 4.74 Å². The fourth-order valence-corrected chi connectivity index (χ4v) is 2.44. The number of halogens is 3. The molecule has 0 saturated carbocycles. The lowest BCUT2D eigenvalue weighted by Crippen LogP contribution is -2.04. The fraction of sp³-hybridized carbons (Fsp3) is 0.333. The molecule has 0 aliphatic rings. The van der Waals surface area contributed by atoms with E-state index >= 15 is 0 Å². The first kappa shape index (κ1) is 15.6. The third-order valence-electron chi connectivity index (χ3n) is 2.09. The van der Waals surface area contributed by atoms with Gasteiger partial charge in [-0.3, -0.25) is 10.1 Å². The van der Waals surface area contributed by atoms with Crippen LogP contribution in [-0.2, 0) is 9.05 Å². The van der Waals surface area contributed by atoms with E-state index in [0.29, 0.717) is 12.1 Å². The van der Waals surface area contributed by atoms with Crippen LogP contribution in [0.25, 0.3) is 0 Å². The molecular weight excluding hydrogens is 308 g/mol. The molecule has 10 heteroatoms. The summed E-state index contributed by atoms with van der Waals surface area (Å²) in [5.41, 5.74) is -1.69. The van der Waals surface area contributed by atoms with Crippen LogP contribution in [0.5, 0.6) is 5.75 Å². The summed E-state index contributed by atoms with van der Waals surface area (Å²) in [4.78, 5) is 8.82. The Morgan fingerprint density at radius 3 is 2.42 bits per heavy atom. The predicted octanol–water partition coefficient (Wildman–Crippen LogP) is 2.86. The normalized spacial score (nSPS) is 11.6. The number of nitro benzene ring substituents is 1. The predicted molar refractivity (Wildman–Crippen MR) is 62.3 cm³/mol. The zero-order valence-electron chi connectivity index (χ0n) is 9.47. The van der Waals surface area contributed by atoms with Crippen LogP contribution in [0.2, 0.25) is 0 Å². The van der Waals surface area contributed by atoms with Crippen molar-refractivity contribution in [3.63, 3.8) is 0 Å². The van der Waals surface area contributed by atoms with Crippen LogP contribution in [0.1, 0.15) is 18.9 Å². The minimum absolute atomic E-state index is 0.00348. The molecule has 0 saturated heterocycles. The van der Waals surface area contributed by atoms with Crippen LogP contribution >= 0.6 is 10.7 Å². The first-order valence-corrected chi connectivity index (χ1v) is 7.17. The van der Waals surface area contributed by atoms with Gasteiger partial charge in [0.1, 0.15) is 0 Å². The molecular formula is C9H8ClF2NO5S. The molecule has 19 heavy (non-hydrogen) atoms. The Labute approximate surface area is 111 Å². The van der Waals surface area contributed by atoms with E-state index in [0.717, 1.165) is 0 Å².